The van der Waals surface area contributed by atoms with E-state index in [-0.39, 0.29) is 12.5 Å². The minimum Gasteiger partial charge on any atom is -0.484 e. The third-order valence-corrected chi connectivity index (χ3v) is 4.96. The molecule has 1 amide bonds. The number of carbonyl (C=O) groups excluding carboxylic acids is 1. The van der Waals surface area contributed by atoms with Crippen molar-refractivity contribution >= 4 is 16.7 Å². The molecule has 1 N–H and O–H groups in total. The van der Waals surface area contributed by atoms with Crippen molar-refractivity contribution < 1.29 is 9.53 Å². The van der Waals surface area contributed by atoms with Crippen molar-refractivity contribution in [3.8, 4) is 16.9 Å². The van der Waals surface area contributed by atoms with Crippen molar-refractivity contribution in [3.63, 3.8) is 0 Å². The number of benzene rings is 3. The Morgan fingerprint density at radius 1 is 1.07 bits per heavy atom. The zero-order valence-corrected chi connectivity index (χ0v) is 16.3. The van der Waals surface area contributed by atoms with Gasteiger partial charge >= 0.3 is 0 Å². The third-order valence-electron chi connectivity index (χ3n) is 4.96. The maximum absolute atomic E-state index is 11.5. The molecule has 0 bridgehead atoms. The lowest BCUT2D eigenvalue weighted by Crippen LogP contribution is -2.24. The Labute approximate surface area is 160 Å². The monoisotopic (exact) mass is 362 g/mol. The van der Waals surface area contributed by atoms with Gasteiger partial charge in [0.15, 0.2) is 6.61 Å². The summed E-state index contributed by atoms with van der Waals surface area (Å²) >= 11 is 0. The number of fused-ring (bicyclic) bond motifs is 1. The predicted molar refractivity (Wildman–Crippen MR) is 111 cm³/mol. The van der Waals surface area contributed by atoms with E-state index in [9.17, 15) is 4.79 Å². The Balaban J connectivity index is 2.00. The number of hydrogen-bond donors (Lipinski definition) is 1. The molecule has 0 saturated heterocycles. The van der Waals surface area contributed by atoms with E-state index in [4.69, 9.17) is 4.74 Å². The average Bonchev–Trinajstić information content (AvgIpc) is 2.70. The molecule has 3 rings (SSSR count). The highest BCUT2D eigenvalue weighted by atomic mass is 16.5. The van der Waals surface area contributed by atoms with Crippen LogP contribution in [0.2, 0.25) is 0 Å². The fourth-order valence-electron chi connectivity index (χ4n) is 3.07. The number of amides is 1. The van der Waals surface area contributed by atoms with Crippen LogP contribution in [0.1, 0.15) is 18.5 Å². The van der Waals surface area contributed by atoms with Crippen LogP contribution >= 0.6 is 0 Å². The second-order valence-electron chi connectivity index (χ2n) is 6.92. The van der Waals surface area contributed by atoms with E-state index in [2.05, 4.69) is 67.6 Å². The molecule has 0 fully saturated rings. The number of hydrogen-bond acceptors (Lipinski definition) is 3. The SMILES string of the molecule is CNC(=O)COc1cc(-c2ccc(C(C)N(C)C)cc2)c2ccccc2c1. The molecule has 1 atom stereocenters. The van der Waals surface area contributed by atoms with Gasteiger partial charge in [-0.15, -0.1) is 0 Å². The smallest absolute Gasteiger partial charge is 0.257 e. The summed E-state index contributed by atoms with van der Waals surface area (Å²) in [6.07, 6.45) is 0. The van der Waals surface area contributed by atoms with E-state index >= 15 is 0 Å². The van der Waals surface area contributed by atoms with Gasteiger partial charge in [0, 0.05) is 13.1 Å². The van der Waals surface area contributed by atoms with Gasteiger partial charge in [-0.05, 0) is 60.6 Å². The van der Waals surface area contributed by atoms with E-state index in [1.54, 1.807) is 7.05 Å². The lowest BCUT2D eigenvalue weighted by atomic mass is 9.96. The Morgan fingerprint density at radius 3 is 2.44 bits per heavy atom. The van der Waals surface area contributed by atoms with Crippen LogP contribution in [0.3, 0.4) is 0 Å². The highest BCUT2D eigenvalue weighted by Gasteiger charge is 2.11. The highest BCUT2D eigenvalue weighted by Crippen LogP contribution is 2.34. The fraction of sp³-hybridized carbons (Fsp3) is 0.261. The van der Waals surface area contributed by atoms with Gasteiger partial charge in [-0.3, -0.25) is 4.79 Å². The minimum atomic E-state index is -0.147. The molecule has 0 spiro atoms. The summed E-state index contributed by atoms with van der Waals surface area (Å²) in [4.78, 5) is 13.7. The molecule has 0 aromatic heterocycles. The lowest BCUT2D eigenvalue weighted by Gasteiger charge is -2.20. The molecular formula is C23H26N2O2. The number of nitrogens with one attached hydrogen (secondary N) is 1. The molecule has 0 radical (unpaired) electrons. The van der Waals surface area contributed by atoms with Crippen LogP contribution in [0.15, 0.2) is 60.7 Å². The highest BCUT2D eigenvalue weighted by molar-refractivity contribution is 5.98. The number of carbonyl (C=O) groups is 1. The zero-order chi connectivity index (χ0) is 19.4. The third kappa shape index (κ3) is 4.29. The van der Waals surface area contributed by atoms with Crippen LogP contribution < -0.4 is 10.1 Å². The number of nitrogens with zero attached hydrogens (tertiary/aromatic N) is 1. The van der Waals surface area contributed by atoms with E-state index in [0.29, 0.717) is 11.8 Å². The summed E-state index contributed by atoms with van der Waals surface area (Å²) in [5.74, 6) is 0.546. The second kappa shape index (κ2) is 8.23. The van der Waals surface area contributed by atoms with Crippen LogP contribution in [0, 0.1) is 0 Å². The average molecular weight is 362 g/mol. The zero-order valence-electron chi connectivity index (χ0n) is 16.3. The van der Waals surface area contributed by atoms with Gasteiger partial charge in [-0.25, -0.2) is 0 Å². The molecule has 0 aliphatic carbocycles. The van der Waals surface area contributed by atoms with Gasteiger partial charge in [-0.2, -0.15) is 0 Å². The first kappa shape index (κ1) is 18.9. The Bertz CT molecular complexity index is 933. The van der Waals surface area contributed by atoms with Gasteiger partial charge in [0.25, 0.3) is 5.91 Å². The van der Waals surface area contributed by atoms with Gasteiger partial charge in [0.05, 0.1) is 0 Å². The molecule has 3 aromatic rings. The first-order chi connectivity index (χ1) is 13.0. The summed E-state index contributed by atoms with van der Waals surface area (Å²) < 4.78 is 5.70. The van der Waals surface area contributed by atoms with E-state index < -0.39 is 0 Å². The van der Waals surface area contributed by atoms with Crippen molar-refractivity contribution in [1.82, 2.24) is 10.2 Å². The van der Waals surface area contributed by atoms with E-state index in [1.165, 1.54) is 10.9 Å². The Hall–Kier alpha value is -2.85. The number of ether oxygens (including phenoxy) is 1. The largest absolute Gasteiger partial charge is 0.484 e. The fourth-order valence-corrected chi connectivity index (χ4v) is 3.07. The van der Waals surface area contributed by atoms with E-state index in [1.807, 2.05) is 24.3 Å². The lowest BCUT2D eigenvalue weighted by molar-refractivity contribution is -0.122. The summed E-state index contributed by atoms with van der Waals surface area (Å²) in [7, 11) is 5.77. The first-order valence-electron chi connectivity index (χ1n) is 9.12. The van der Waals surface area contributed by atoms with Gasteiger partial charge in [0.1, 0.15) is 5.75 Å². The van der Waals surface area contributed by atoms with Gasteiger partial charge in [-0.1, -0.05) is 48.5 Å². The maximum atomic E-state index is 11.5. The molecule has 27 heavy (non-hydrogen) atoms. The molecule has 4 nitrogen and oxygen atoms in total. The Kier molecular flexibility index (Phi) is 5.77. The molecule has 0 aliphatic heterocycles. The quantitative estimate of drug-likeness (QED) is 0.713. The molecule has 0 heterocycles. The van der Waals surface area contributed by atoms with Crippen LogP contribution in [0.25, 0.3) is 21.9 Å². The van der Waals surface area contributed by atoms with Gasteiger partial charge < -0.3 is 15.0 Å². The van der Waals surface area contributed by atoms with Crippen LogP contribution in [-0.2, 0) is 4.79 Å². The van der Waals surface area contributed by atoms with Crippen LogP contribution in [0.4, 0.5) is 0 Å². The molecular weight excluding hydrogens is 336 g/mol. The van der Waals surface area contributed by atoms with Crippen molar-refractivity contribution in [3.05, 3.63) is 66.2 Å². The maximum Gasteiger partial charge on any atom is 0.257 e. The Morgan fingerprint density at radius 2 is 1.78 bits per heavy atom. The van der Waals surface area contributed by atoms with E-state index in [0.717, 1.165) is 16.5 Å². The second-order valence-corrected chi connectivity index (χ2v) is 6.92. The van der Waals surface area contributed by atoms with Crippen LogP contribution in [0.5, 0.6) is 5.75 Å². The summed E-state index contributed by atoms with van der Waals surface area (Å²) in [5, 5.41) is 4.83. The normalized spacial score (nSPS) is 12.2. The van der Waals surface area contributed by atoms with Crippen molar-refractivity contribution in [1.29, 1.82) is 0 Å². The first-order valence-corrected chi connectivity index (χ1v) is 9.12. The van der Waals surface area contributed by atoms with Gasteiger partial charge in [0.2, 0.25) is 0 Å². The van der Waals surface area contributed by atoms with Crippen LogP contribution in [-0.4, -0.2) is 38.6 Å². The van der Waals surface area contributed by atoms with Crippen molar-refractivity contribution in [2.75, 3.05) is 27.7 Å². The standard InChI is InChI=1S/C23H26N2O2/c1-16(25(3)4)17-9-11-18(12-10-17)22-14-20(27-15-23(26)24-2)13-19-7-5-6-8-21(19)22/h5-14,16H,15H2,1-4H3,(H,24,26). The summed E-state index contributed by atoms with van der Waals surface area (Å²) in [6, 6.07) is 21.2. The van der Waals surface area contributed by atoms with Crippen molar-refractivity contribution in [2.45, 2.75) is 13.0 Å². The summed E-state index contributed by atoms with van der Waals surface area (Å²) in [5.41, 5.74) is 3.51. The summed E-state index contributed by atoms with van der Waals surface area (Å²) in [6.45, 7) is 2.20. The predicted octanol–water partition coefficient (Wildman–Crippen LogP) is 4.25. The molecule has 0 saturated carbocycles. The minimum absolute atomic E-state index is 0.00751. The number of rotatable bonds is 6. The molecule has 3 aromatic carbocycles. The molecule has 1 unspecified atom stereocenters. The van der Waals surface area contributed by atoms with Crippen molar-refractivity contribution in [2.24, 2.45) is 0 Å². The number of likely N-dealkylation sites (N-methyl/N-ethyl adjacent to an activating group) is 1. The molecule has 0 aliphatic rings. The molecule has 140 valence electrons. The molecule has 4 heteroatoms. The topological polar surface area (TPSA) is 41.6 Å².